The van der Waals surface area contributed by atoms with Crippen molar-refractivity contribution in [3.63, 3.8) is 0 Å². The molecule has 0 aromatic carbocycles. The van der Waals surface area contributed by atoms with E-state index in [0.29, 0.717) is 32.7 Å². The lowest BCUT2D eigenvalue weighted by molar-refractivity contribution is -0.138. The molecule has 0 aromatic rings. The van der Waals surface area contributed by atoms with Gasteiger partial charge in [-0.15, -0.1) is 0 Å². The third kappa shape index (κ3) is 6.65. The number of urea groups is 1. The number of carbonyl (C=O) groups excluding carboxylic acids is 1. The maximum atomic E-state index is 12.1. The highest BCUT2D eigenvalue weighted by Crippen LogP contribution is 2.19. The number of hydrogen-bond acceptors (Lipinski definition) is 3. The number of halogens is 3. The first-order valence-electron chi connectivity index (χ1n) is 6.70. The van der Waals surface area contributed by atoms with E-state index < -0.39 is 24.6 Å². The number of hydrogen-bond donors (Lipinski definition) is 1. The minimum Gasteiger partial charge on any atom is -0.481 e. The van der Waals surface area contributed by atoms with E-state index in [4.69, 9.17) is 5.11 Å². The van der Waals surface area contributed by atoms with Crippen molar-refractivity contribution in [2.75, 3.05) is 46.3 Å². The quantitative estimate of drug-likeness (QED) is 0.825. The molecule has 0 atom stereocenters. The molecule has 6 nitrogen and oxygen atoms in total. The largest absolute Gasteiger partial charge is 0.481 e. The summed E-state index contributed by atoms with van der Waals surface area (Å²) in [5.41, 5.74) is 0. The van der Waals surface area contributed by atoms with Crippen LogP contribution in [0.2, 0.25) is 0 Å². The second kappa shape index (κ2) is 7.48. The maximum Gasteiger partial charge on any atom is 0.390 e. The van der Waals surface area contributed by atoms with E-state index in [9.17, 15) is 22.8 Å². The molecule has 1 heterocycles. The zero-order valence-electron chi connectivity index (χ0n) is 11.9. The Kier molecular flexibility index (Phi) is 6.25. The topological polar surface area (TPSA) is 64.1 Å². The highest BCUT2D eigenvalue weighted by molar-refractivity contribution is 5.74. The Labute approximate surface area is 121 Å². The first-order valence-corrected chi connectivity index (χ1v) is 6.70. The highest BCUT2D eigenvalue weighted by atomic mass is 19.4. The summed E-state index contributed by atoms with van der Waals surface area (Å²) in [5, 5.41) is 8.59. The highest BCUT2D eigenvalue weighted by Gasteiger charge is 2.29. The average Bonchev–Trinajstić information content (AvgIpc) is 2.41. The zero-order valence-corrected chi connectivity index (χ0v) is 11.9. The molecule has 1 rings (SSSR count). The summed E-state index contributed by atoms with van der Waals surface area (Å²) in [6, 6.07) is -0.419. The summed E-state index contributed by atoms with van der Waals surface area (Å²) in [7, 11) is 1.35. The van der Waals surface area contributed by atoms with Crippen LogP contribution < -0.4 is 0 Å². The molecule has 0 spiro atoms. The van der Waals surface area contributed by atoms with E-state index in [2.05, 4.69) is 0 Å². The van der Waals surface area contributed by atoms with Gasteiger partial charge in [-0.25, -0.2) is 4.79 Å². The fourth-order valence-electron chi connectivity index (χ4n) is 2.05. The zero-order chi connectivity index (χ0) is 16.0. The molecule has 0 bridgehead atoms. The fourth-order valence-corrected chi connectivity index (χ4v) is 2.05. The number of carbonyl (C=O) groups is 2. The maximum absolute atomic E-state index is 12.1. The Bertz CT molecular complexity index is 368. The van der Waals surface area contributed by atoms with Crippen molar-refractivity contribution in [1.82, 2.24) is 14.7 Å². The van der Waals surface area contributed by atoms with Crippen molar-refractivity contribution in [3.05, 3.63) is 0 Å². The normalized spacial score (nSPS) is 16.9. The van der Waals surface area contributed by atoms with E-state index in [1.54, 1.807) is 0 Å². The molecule has 0 aliphatic carbocycles. The fraction of sp³-hybridized carbons (Fsp3) is 0.833. The van der Waals surface area contributed by atoms with Gasteiger partial charge in [0.25, 0.3) is 0 Å². The Morgan fingerprint density at radius 3 is 2.24 bits per heavy atom. The van der Waals surface area contributed by atoms with E-state index in [0.717, 1.165) is 4.90 Å². The number of alkyl halides is 3. The molecule has 0 saturated carbocycles. The molecule has 9 heteroatoms. The van der Waals surface area contributed by atoms with Crippen molar-refractivity contribution in [3.8, 4) is 0 Å². The number of carboxylic acid groups (broad SMARTS) is 1. The number of carboxylic acids is 1. The number of aliphatic carboxylic acids is 1. The Morgan fingerprint density at radius 2 is 1.76 bits per heavy atom. The third-order valence-corrected chi connectivity index (χ3v) is 3.34. The number of rotatable bonds is 5. The van der Waals surface area contributed by atoms with Crippen LogP contribution in [-0.2, 0) is 4.79 Å². The Balaban J connectivity index is 2.32. The molecule has 122 valence electrons. The van der Waals surface area contributed by atoms with E-state index in [-0.39, 0.29) is 13.0 Å². The summed E-state index contributed by atoms with van der Waals surface area (Å²) in [6.45, 7) is 1.92. The summed E-state index contributed by atoms with van der Waals surface area (Å²) < 4.78 is 36.4. The van der Waals surface area contributed by atoms with Crippen molar-refractivity contribution in [2.45, 2.75) is 19.0 Å². The van der Waals surface area contributed by atoms with Gasteiger partial charge in [0.15, 0.2) is 0 Å². The van der Waals surface area contributed by atoms with Gasteiger partial charge in [0, 0.05) is 46.3 Å². The van der Waals surface area contributed by atoms with Crippen molar-refractivity contribution in [2.24, 2.45) is 0 Å². The molecular weight excluding hydrogens is 291 g/mol. The van der Waals surface area contributed by atoms with Gasteiger partial charge in [0.1, 0.15) is 0 Å². The third-order valence-electron chi connectivity index (χ3n) is 3.34. The van der Waals surface area contributed by atoms with Crippen molar-refractivity contribution >= 4 is 12.0 Å². The SMILES string of the molecule is CN(CCC(F)(F)F)C(=O)N1CCN(CCC(=O)O)CC1. The Morgan fingerprint density at radius 1 is 1.19 bits per heavy atom. The van der Waals surface area contributed by atoms with Gasteiger partial charge in [-0.1, -0.05) is 0 Å². The summed E-state index contributed by atoms with van der Waals surface area (Å²) in [6.07, 6.45) is -5.25. The van der Waals surface area contributed by atoms with Crippen LogP contribution in [0.4, 0.5) is 18.0 Å². The van der Waals surface area contributed by atoms with Crippen LogP contribution in [0.1, 0.15) is 12.8 Å². The second-order valence-electron chi connectivity index (χ2n) is 5.04. The predicted molar refractivity (Wildman–Crippen MR) is 69.0 cm³/mol. The van der Waals surface area contributed by atoms with Gasteiger partial charge < -0.3 is 14.9 Å². The van der Waals surface area contributed by atoms with Crippen LogP contribution in [0.5, 0.6) is 0 Å². The standard InChI is InChI=1S/C12H20F3N3O3/c1-16(5-3-12(13,14)15)11(21)18-8-6-17(7-9-18)4-2-10(19)20/h2-9H2,1H3,(H,19,20). The molecule has 0 radical (unpaired) electrons. The summed E-state index contributed by atoms with van der Waals surface area (Å²) in [4.78, 5) is 26.9. The summed E-state index contributed by atoms with van der Waals surface area (Å²) >= 11 is 0. The number of nitrogens with zero attached hydrogens (tertiary/aromatic N) is 3. The van der Waals surface area contributed by atoms with Gasteiger partial charge in [0.05, 0.1) is 12.8 Å². The summed E-state index contributed by atoms with van der Waals surface area (Å²) in [5.74, 6) is -0.875. The van der Waals surface area contributed by atoms with Crippen LogP contribution in [0, 0.1) is 0 Å². The lowest BCUT2D eigenvalue weighted by Gasteiger charge is -2.36. The van der Waals surface area contributed by atoms with Crippen molar-refractivity contribution < 1.29 is 27.9 Å². The van der Waals surface area contributed by atoms with E-state index in [1.807, 2.05) is 4.90 Å². The molecule has 1 saturated heterocycles. The van der Waals surface area contributed by atoms with Gasteiger partial charge >= 0.3 is 18.2 Å². The Hall–Kier alpha value is -1.51. The minimum absolute atomic E-state index is 0.0411. The van der Waals surface area contributed by atoms with Gasteiger partial charge in [-0.2, -0.15) is 13.2 Å². The molecule has 1 aliphatic heterocycles. The molecule has 1 aliphatic rings. The molecule has 0 unspecified atom stereocenters. The van der Waals surface area contributed by atoms with Gasteiger partial charge in [0.2, 0.25) is 0 Å². The smallest absolute Gasteiger partial charge is 0.390 e. The van der Waals surface area contributed by atoms with Crippen molar-refractivity contribution in [1.29, 1.82) is 0 Å². The van der Waals surface area contributed by atoms with Crippen LogP contribution in [0.3, 0.4) is 0 Å². The number of amides is 2. The molecular formula is C12H20F3N3O3. The second-order valence-corrected chi connectivity index (χ2v) is 5.04. The monoisotopic (exact) mass is 311 g/mol. The van der Waals surface area contributed by atoms with E-state index in [1.165, 1.54) is 11.9 Å². The van der Waals surface area contributed by atoms with Crippen LogP contribution in [0.15, 0.2) is 0 Å². The average molecular weight is 311 g/mol. The molecule has 2 amide bonds. The lowest BCUT2D eigenvalue weighted by atomic mass is 10.3. The molecule has 21 heavy (non-hydrogen) atoms. The lowest BCUT2D eigenvalue weighted by Crippen LogP contribution is -2.52. The van der Waals surface area contributed by atoms with E-state index >= 15 is 0 Å². The first kappa shape index (κ1) is 17.5. The van der Waals surface area contributed by atoms with Gasteiger partial charge in [-0.05, 0) is 0 Å². The first-order chi connectivity index (χ1) is 9.69. The minimum atomic E-state index is -4.27. The van der Waals surface area contributed by atoms with Gasteiger partial charge in [-0.3, -0.25) is 9.69 Å². The predicted octanol–water partition coefficient (Wildman–Crippen LogP) is 1.08. The van der Waals surface area contributed by atoms with Crippen LogP contribution >= 0.6 is 0 Å². The molecule has 1 N–H and O–H groups in total. The number of piperazine rings is 1. The van der Waals surface area contributed by atoms with Crippen LogP contribution in [-0.4, -0.2) is 84.3 Å². The molecule has 0 aromatic heterocycles. The van der Waals surface area contributed by atoms with Crippen LogP contribution in [0.25, 0.3) is 0 Å². The molecule has 1 fully saturated rings.